The summed E-state index contributed by atoms with van der Waals surface area (Å²) in [5, 5.41) is 22.9. The van der Waals surface area contributed by atoms with Gasteiger partial charge in [-0.15, -0.1) is 0 Å². The van der Waals surface area contributed by atoms with Gasteiger partial charge in [-0.05, 0) is 24.3 Å². The Labute approximate surface area is 114 Å². The summed E-state index contributed by atoms with van der Waals surface area (Å²) in [6, 6.07) is 12.1. The van der Waals surface area contributed by atoms with E-state index in [1.807, 2.05) is 0 Å². The molecule has 0 aromatic heterocycles. The molecule has 6 heteroatoms. The Morgan fingerprint density at radius 2 is 1.42 bits per heavy atom. The zero-order chi connectivity index (χ0) is 13.8. The van der Waals surface area contributed by atoms with Crippen molar-refractivity contribution in [2.75, 3.05) is 0 Å². The molecule has 0 amide bonds. The van der Waals surface area contributed by atoms with Crippen LogP contribution in [0.3, 0.4) is 0 Å². The SMILES string of the molecule is O=[N+]([O-])c1ccc(C=[N+]([O-])c2ccc(Cl)cc2)cc1. The van der Waals surface area contributed by atoms with Crippen LogP contribution in [0, 0.1) is 15.3 Å². The van der Waals surface area contributed by atoms with Gasteiger partial charge in [0.2, 0.25) is 5.69 Å². The summed E-state index contributed by atoms with van der Waals surface area (Å²) in [6.45, 7) is 0. The van der Waals surface area contributed by atoms with Crippen LogP contribution in [0.2, 0.25) is 5.02 Å². The predicted molar refractivity (Wildman–Crippen MR) is 73.0 cm³/mol. The zero-order valence-corrected chi connectivity index (χ0v) is 10.4. The molecule has 0 radical (unpaired) electrons. The van der Waals surface area contributed by atoms with Crippen molar-refractivity contribution in [3.63, 3.8) is 0 Å². The van der Waals surface area contributed by atoms with Gasteiger partial charge in [-0.25, -0.2) is 0 Å². The average Bonchev–Trinajstić information content (AvgIpc) is 2.40. The van der Waals surface area contributed by atoms with Crippen molar-refractivity contribution in [1.82, 2.24) is 0 Å². The third kappa shape index (κ3) is 3.29. The van der Waals surface area contributed by atoms with Gasteiger partial charge in [-0.2, -0.15) is 4.74 Å². The highest BCUT2D eigenvalue weighted by atomic mass is 35.5. The summed E-state index contributed by atoms with van der Waals surface area (Å²) in [7, 11) is 0. The van der Waals surface area contributed by atoms with Gasteiger partial charge >= 0.3 is 0 Å². The van der Waals surface area contributed by atoms with Crippen LogP contribution in [0.4, 0.5) is 11.4 Å². The molecular formula is C13H9ClN2O3. The van der Waals surface area contributed by atoms with E-state index in [1.54, 1.807) is 24.3 Å². The molecule has 0 spiro atoms. The first kappa shape index (κ1) is 13.0. The molecule has 0 aliphatic rings. The zero-order valence-electron chi connectivity index (χ0n) is 9.69. The van der Waals surface area contributed by atoms with E-state index in [9.17, 15) is 15.3 Å². The molecule has 0 heterocycles. The Morgan fingerprint density at radius 1 is 0.895 bits per heavy atom. The summed E-state index contributed by atoms with van der Waals surface area (Å²) in [6.07, 6.45) is 1.34. The van der Waals surface area contributed by atoms with Gasteiger partial charge in [-0.3, -0.25) is 10.1 Å². The quantitative estimate of drug-likeness (QED) is 0.283. The van der Waals surface area contributed by atoms with Crippen LogP contribution in [-0.4, -0.2) is 15.9 Å². The number of rotatable bonds is 3. The molecule has 0 atom stereocenters. The maximum absolute atomic E-state index is 11.8. The Balaban J connectivity index is 2.25. The smallest absolute Gasteiger partial charge is 0.269 e. The molecular weight excluding hydrogens is 268 g/mol. The third-order valence-corrected chi connectivity index (χ3v) is 2.70. The molecule has 0 N–H and O–H groups in total. The molecule has 2 rings (SSSR count). The van der Waals surface area contributed by atoms with E-state index >= 15 is 0 Å². The Kier molecular flexibility index (Phi) is 3.77. The second kappa shape index (κ2) is 5.49. The van der Waals surface area contributed by atoms with E-state index in [-0.39, 0.29) is 5.69 Å². The van der Waals surface area contributed by atoms with E-state index in [4.69, 9.17) is 11.6 Å². The van der Waals surface area contributed by atoms with Crippen LogP contribution in [-0.2, 0) is 0 Å². The fourth-order valence-electron chi connectivity index (χ4n) is 1.48. The lowest BCUT2D eigenvalue weighted by Gasteiger charge is -2.02. The van der Waals surface area contributed by atoms with Crippen LogP contribution in [0.5, 0.6) is 0 Å². The van der Waals surface area contributed by atoms with Gasteiger partial charge in [0, 0.05) is 34.9 Å². The van der Waals surface area contributed by atoms with Gasteiger partial charge in [0.15, 0.2) is 6.21 Å². The molecule has 5 nitrogen and oxygen atoms in total. The van der Waals surface area contributed by atoms with E-state index in [1.165, 1.54) is 30.5 Å². The van der Waals surface area contributed by atoms with Gasteiger partial charge in [0.25, 0.3) is 5.69 Å². The topological polar surface area (TPSA) is 69.2 Å². The molecule has 19 heavy (non-hydrogen) atoms. The number of nitrogens with zero attached hydrogens (tertiary/aromatic N) is 2. The van der Waals surface area contributed by atoms with E-state index in [0.29, 0.717) is 21.0 Å². The highest BCUT2D eigenvalue weighted by Gasteiger charge is 2.05. The molecule has 2 aromatic rings. The van der Waals surface area contributed by atoms with Crippen LogP contribution in [0.1, 0.15) is 5.56 Å². The Bertz CT molecular complexity index is 621. The monoisotopic (exact) mass is 276 g/mol. The van der Waals surface area contributed by atoms with Crippen molar-refractivity contribution in [2.24, 2.45) is 0 Å². The van der Waals surface area contributed by atoms with Crippen LogP contribution in [0.15, 0.2) is 48.5 Å². The van der Waals surface area contributed by atoms with Gasteiger partial charge in [-0.1, -0.05) is 11.6 Å². The second-order valence-electron chi connectivity index (χ2n) is 3.78. The van der Waals surface area contributed by atoms with E-state index < -0.39 is 4.92 Å². The van der Waals surface area contributed by atoms with Crippen molar-refractivity contribution in [1.29, 1.82) is 0 Å². The minimum absolute atomic E-state index is 0.0129. The summed E-state index contributed by atoms with van der Waals surface area (Å²) in [5.41, 5.74) is 0.999. The first-order valence-corrected chi connectivity index (χ1v) is 5.75. The van der Waals surface area contributed by atoms with E-state index in [0.717, 1.165) is 0 Å². The fourth-order valence-corrected chi connectivity index (χ4v) is 1.61. The van der Waals surface area contributed by atoms with Gasteiger partial charge in [0.05, 0.1) is 4.92 Å². The second-order valence-corrected chi connectivity index (χ2v) is 4.22. The molecule has 2 aromatic carbocycles. The molecule has 0 aliphatic heterocycles. The molecule has 96 valence electrons. The summed E-state index contributed by atoms with van der Waals surface area (Å²) in [4.78, 5) is 10.0. The van der Waals surface area contributed by atoms with Crippen molar-refractivity contribution >= 4 is 29.2 Å². The molecule has 0 fully saturated rings. The highest BCUT2D eigenvalue weighted by molar-refractivity contribution is 6.30. The van der Waals surface area contributed by atoms with Gasteiger partial charge in [0.1, 0.15) is 0 Å². The lowest BCUT2D eigenvalue weighted by Crippen LogP contribution is -1.98. The number of benzene rings is 2. The molecule has 0 saturated heterocycles. The van der Waals surface area contributed by atoms with Crippen LogP contribution < -0.4 is 0 Å². The number of hydrogen-bond acceptors (Lipinski definition) is 3. The summed E-state index contributed by atoms with van der Waals surface area (Å²) >= 11 is 5.73. The average molecular weight is 277 g/mol. The van der Waals surface area contributed by atoms with Crippen molar-refractivity contribution in [2.45, 2.75) is 0 Å². The van der Waals surface area contributed by atoms with Crippen molar-refractivity contribution in [3.8, 4) is 0 Å². The van der Waals surface area contributed by atoms with Gasteiger partial charge < -0.3 is 5.21 Å². The molecule has 0 aliphatic carbocycles. The van der Waals surface area contributed by atoms with E-state index in [2.05, 4.69) is 0 Å². The van der Waals surface area contributed by atoms with Crippen molar-refractivity contribution in [3.05, 3.63) is 74.4 Å². The largest absolute Gasteiger partial charge is 0.618 e. The minimum Gasteiger partial charge on any atom is -0.618 e. The minimum atomic E-state index is -0.488. The number of nitro groups is 1. The normalized spacial score (nSPS) is 11.3. The lowest BCUT2D eigenvalue weighted by molar-refractivity contribution is -0.384. The lowest BCUT2D eigenvalue weighted by atomic mass is 10.2. The summed E-state index contributed by atoms with van der Waals surface area (Å²) in [5.74, 6) is 0. The number of nitro benzene ring substituents is 1. The highest BCUT2D eigenvalue weighted by Crippen LogP contribution is 2.16. The molecule has 0 saturated carbocycles. The Morgan fingerprint density at radius 3 is 1.95 bits per heavy atom. The maximum Gasteiger partial charge on any atom is 0.269 e. The van der Waals surface area contributed by atoms with Crippen LogP contribution in [0.25, 0.3) is 0 Å². The predicted octanol–water partition coefficient (Wildman–Crippen LogP) is 3.51. The third-order valence-electron chi connectivity index (χ3n) is 2.45. The first-order chi connectivity index (χ1) is 9.06. The molecule has 0 bridgehead atoms. The fraction of sp³-hybridized carbons (Fsp3) is 0. The number of hydrogen-bond donors (Lipinski definition) is 0. The number of halogens is 1. The standard InChI is InChI=1S/C13H9ClN2O3/c14-11-3-7-12(8-4-11)15(17)9-10-1-5-13(6-2-10)16(18)19/h1-9H. The summed E-state index contributed by atoms with van der Waals surface area (Å²) < 4.78 is 0.678. The Hall–Kier alpha value is -2.40. The van der Waals surface area contributed by atoms with Crippen LogP contribution >= 0.6 is 11.6 Å². The number of non-ortho nitro benzene ring substituents is 1. The maximum atomic E-state index is 11.8. The first-order valence-electron chi connectivity index (χ1n) is 5.37. The van der Waals surface area contributed by atoms with Crippen molar-refractivity contribution < 1.29 is 9.66 Å². The molecule has 0 unspecified atom stereocenters.